The lowest BCUT2D eigenvalue weighted by atomic mass is 9.82. The number of fused-ring (bicyclic) bond motifs is 14. The molecule has 0 amide bonds. The predicted octanol–water partition coefficient (Wildman–Crippen LogP) is 14.2. The van der Waals surface area contributed by atoms with Crippen LogP contribution in [0.1, 0.15) is 54.0 Å². The molecule has 0 fully saturated rings. The molecule has 1 atom stereocenters. The van der Waals surface area contributed by atoms with Crippen LogP contribution in [0.3, 0.4) is 0 Å². The van der Waals surface area contributed by atoms with E-state index >= 15 is 0 Å². The van der Waals surface area contributed by atoms with Crippen molar-refractivity contribution >= 4 is 43.4 Å². The Morgan fingerprint density at radius 2 is 1.26 bits per heavy atom. The number of rotatable bonds is 3. The maximum atomic E-state index is 4.93. The fourth-order valence-electron chi connectivity index (χ4n) is 10.7. The molecule has 2 heteroatoms. The molecule has 0 aliphatic heterocycles. The highest BCUT2D eigenvalue weighted by molar-refractivity contribution is 6.21. The van der Waals surface area contributed by atoms with Gasteiger partial charge < -0.3 is 0 Å². The molecule has 0 N–H and O–H groups in total. The first-order chi connectivity index (χ1) is 28.1. The number of pyridine rings is 1. The summed E-state index contributed by atoms with van der Waals surface area (Å²) < 4.78 is 2.37. The Balaban J connectivity index is 1.17. The highest BCUT2D eigenvalue weighted by Gasteiger charge is 2.38. The minimum absolute atomic E-state index is 0.141. The molecule has 2 aromatic heterocycles. The third-order valence-electron chi connectivity index (χ3n) is 13.3. The molecule has 0 bridgehead atoms. The summed E-state index contributed by atoms with van der Waals surface area (Å²) in [6.45, 7) is 4.79. The molecule has 2 heterocycles. The SMILES string of the molecule is CC1(C)c2ccc3ccccc3c2-c2c1ccc1c2c2cc(-c3cc4c(c5ccccc35)CCC(c3ccccc3)c3ccccc3-4)ccc2n1-c1ccccn1. The Bertz CT molecular complexity index is 3260. The van der Waals surface area contributed by atoms with E-state index in [-0.39, 0.29) is 5.41 Å². The van der Waals surface area contributed by atoms with Gasteiger partial charge in [-0.05, 0) is 132 Å². The summed E-state index contributed by atoms with van der Waals surface area (Å²) in [5, 5.41) is 7.80. The van der Waals surface area contributed by atoms with E-state index in [2.05, 4.69) is 182 Å². The maximum Gasteiger partial charge on any atom is 0.137 e. The van der Waals surface area contributed by atoms with E-state index in [9.17, 15) is 0 Å². The third kappa shape index (κ3) is 4.62. The van der Waals surface area contributed by atoms with Crippen molar-refractivity contribution in [2.75, 3.05) is 0 Å². The smallest absolute Gasteiger partial charge is 0.137 e. The summed E-state index contributed by atoms with van der Waals surface area (Å²) in [6.07, 6.45) is 4.01. The second kappa shape index (κ2) is 12.1. The van der Waals surface area contributed by atoms with Crippen molar-refractivity contribution in [3.8, 4) is 39.2 Å². The van der Waals surface area contributed by atoms with Gasteiger partial charge in [0.1, 0.15) is 5.82 Å². The van der Waals surface area contributed by atoms with Gasteiger partial charge in [0.2, 0.25) is 0 Å². The lowest BCUT2D eigenvalue weighted by molar-refractivity contribution is 0.661. The van der Waals surface area contributed by atoms with Crippen molar-refractivity contribution in [1.29, 1.82) is 0 Å². The van der Waals surface area contributed by atoms with Crippen LogP contribution < -0.4 is 0 Å². The highest BCUT2D eigenvalue weighted by Crippen LogP contribution is 2.56. The minimum Gasteiger partial charge on any atom is -0.294 e. The van der Waals surface area contributed by atoms with E-state index in [4.69, 9.17) is 4.98 Å². The van der Waals surface area contributed by atoms with Crippen LogP contribution in [0.4, 0.5) is 0 Å². The lowest BCUT2D eigenvalue weighted by Gasteiger charge is -2.21. The molecule has 2 aliphatic rings. The van der Waals surface area contributed by atoms with Crippen molar-refractivity contribution in [1.82, 2.24) is 9.55 Å². The second-order valence-corrected chi connectivity index (χ2v) is 16.6. The van der Waals surface area contributed by atoms with E-state index in [1.54, 1.807) is 0 Å². The van der Waals surface area contributed by atoms with E-state index in [0.29, 0.717) is 5.92 Å². The molecule has 57 heavy (non-hydrogen) atoms. The lowest BCUT2D eigenvalue weighted by Crippen LogP contribution is -2.14. The first kappa shape index (κ1) is 32.5. The van der Waals surface area contributed by atoms with Crippen LogP contribution in [0.2, 0.25) is 0 Å². The Hall–Kier alpha value is -6.77. The van der Waals surface area contributed by atoms with Gasteiger partial charge in [-0.3, -0.25) is 4.57 Å². The van der Waals surface area contributed by atoms with Crippen LogP contribution in [0.5, 0.6) is 0 Å². The van der Waals surface area contributed by atoms with Gasteiger partial charge in [0.05, 0.1) is 11.0 Å². The predicted molar refractivity (Wildman–Crippen MR) is 239 cm³/mol. The zero-order valence-electron chi connectivity index (χ0n) is 32.1. The summed E-state index contributed by atoms with van der Waals surface area (Å²) in [5.74, 6) is 1.28. The Morgan fingerprint density at radius 1 is 0.544 bits per heavy atom. The first-order valence-electron chi connectivity index (χ1n) is 20.3. The average molecular weight is 729 g/mol. The molecule has 0 saturated carbocycles. The standard InChI is InChI=1S/C55H40N2/c1-55(2)47-27-23-35-16-6-7-17-38(35)52(47)54-48(55)28-30-50-53(54)46-32-36(24-29-49(46)57(50)51-22-12-13-31-56-51)44-33-45-42-21-11-8-18-39(42)37(34-14-4-3-5-15-34)25-26-43(45)40-19-9-10-20-41(40)44/h3-24,27-33,37H,25-26H2,1-2H3. The van der Waals surface area contributed by atoms with Crippen LogP contribution in [0.25, 0.3) is 82.5 Å². The van der Waals surface area contributed by atoms with Crippen LogP contribution >= 0.6 is 0 Å². The molecule has 1 unspecified atom stereocenters. The van der Waals surface area contributed by atoms with E-state index in [1.807, 2.05) is 12.3 Å². The molecule has 8 aromatic carbocycles. The normalized spacial score (nSPS) is 15.4. The number of hydrogen-bond acceptors (Lipinski definition) is 1. The van der Waals surface area contributed by atoms with Crippen molar-refractivity contribution in [2.45, 2.75) is 38.0 Å². The summed E-state index contributed by atoms with van der Waals surface area (Å²) in [7, 11) is 0. The van der Waals surface area contributed by atoms with Gasteiger partial charge in [-0.1, -0.05) is 147 Å². The van der Waals surface area contributed by atoms with E-state index < -0.39 is 0 Å². The van der Waals surface area contributed by atoms with Gasteiger partial charge in [0, 0.05) is 28.3 Å². The van der Waals surface area contributed by atoms with Gasteiger partial charge >= 0.3 is 0 Å². The van der Waals surface area contributed by atoms with E-state index in [0.717, 1.165) is 18.7 Å². The maximum absolute atomic E-state index is 4.93. The van der Waals surface area contributed by atoms with Crippen LogP contribution in [0.15, 0.2) is 176 Å². The zero-order chi connectivity index (χ0) is 37.8. The summed E-state index contributed by atoms with van der Waals surface area (Å²) >= 11 is 0. The average Bonchev–Trinajstić information content (AvgIpc) is 3.64. The zero-order valence-corrected chi connectivity index (χ0v) is 32.1. The Labute approximate surface area is 332 Å². The molecular weight excluding hydrogens is 689 g/mol. The molecule has 12 rings (SSSR count). The molecule has 2 nitrogen and oxygen atoms in total. The van der Waals surface area contributed by atoms with Crippen molar-refractivity contribution < 1.29 is 0 Å². The van der Waals surface area contributed by atoms with Gasteiger partial charge in [0.25, 0.3) is 0 Å². The third-order valence-corrected chi connectivity index (χ3v) is 13.3. The van der Waals surface area contributed by atoms with Gasteiger partial charge in [0.15, 0.2) is 0 Å². The van der Waals surface area contributed by atoms with Crippen molar-refractivity contribution in [3.63, 3.8) is 0 Å². The van der Waals surface area contributed by atoms with Crippen LogP contribution in [-0.4, -0.2) is 9.55 Å². The van der Waals surface area contributed by atoms with Crippen LogP contribution in [0, 0.1) is 0 Å². The number of aromatic nitrogens is 2. The number of benzene rings is 8. The van der Waals surface area contributed by atoms with E-state index in [1.165, 1.54) is 105 Å². The Morgan fingerprint density at radius 3 is 2.12 bits per heavy atom. The topological polar surface area (TPSA) is 17.8 Å². The molecule has 0 spiro atoms. The summed E-state index contributed by atoms with van der Waals surface area (Å²) in [5.41, 5.74) is 17.2. The fourth-order valence-corrected chi connectivity index (χ4v) is 10.7. The minimum atomic E-state index is -0.141. The fraction of sp³-hybridized carbons (Fsp3) is 0.109. The largest absolute Gasteiger partial charge is 0.294 e. The summed E-state index contributed by atoms with van der Waals surface area (Å²) in [6, 6.07) is 63.6. The number of hydrogen-bond donors (Lipinski definition) is 0. The molecule has 10 aromatic rings. The van der Waals surface area contributed by atoms with Gasteiger partial charge in [-0.15, -0.1) is 0 Å². The summed E-state index contributed by atoms with van der Waals surface area (Å²) in [4.78, 5) is 4.93. The highest BCUT2D eigenvalue weighted by atomic mass is 15.1. The monoisotopic (exact) mass is 728 g/mol. The number of nitrogens with zero attached hydrogens (tertiary/aromatic N) is 2. The quantitative estimate of drug-likeness (QED) is 0.177. The molecular formula is C55H40N2. The molecule has 2 aliphatic carbocycles. The van der Waals surface area contributed by atoms with Crippen LogP contribution in [-0.2, 0) is 11.8 Å². The Kier molecular flexibility index (Phi) is 6.90. The number of aryl methyl sites for hydroxylation is 1. The van der Waals surface area contributed by atoms with Crippen molar-refractivity contribution in [3.05, 3.63) is 204 Å². The molecule has 270 valence electrons. The molecule has 0 radical (unpaired) electrons. The first-order valence-corrected chi connectivity index (χ1v) is 20.3. The van der Waals surface area contributed by atoms with Gasteiger partial charge in [-0.2, -0.15) is 0 Å². The molecule has 0 saturated heterocycles. The van der Waals surface area contributed by atoms with Crippen molar-refractivity contribution in [2.24, 2.45) is 0 Å². The second-order valence-electron chi connectivity index (χ2n) is 16.6. The van der Waals surface area contributed by atoms with Gasteiger partial charge in [-0.25, -0.2) is 4.98 Å².